The molecule has 1 radical (unpaired) electrons. The minimum atomic E-state index is 0.614. The number of carbonyl (C=O) groups excluding carboxylic acids is 1. The molecule has 0 rings (SSSR count). The molecular weight excluding hydrogens is 232 g/mol. The lowest BCUT2D eigenvalue weighted by molar-refractivity contribution is 0.542. The lowest BCUT2D eigenvalue weighted by atomic mass is 10.1. The smallest absolute Gasteiger partial charge is 0.198 e. The Hall–Kier alpha value is -0.850. The number of allylic oxidation sites excluding steroid dienone is 4. The average Bonchev–Trinajstić information content (AvgIpc) is 2.43. The Morgan fingerprint density at radius 1 is 0.737 bits per heavy atom. The van der Waals surface area contributed by atoms with Crippen molar-refractivity contribution in [3.8, 4) is 0 Å². The van der Waals surface area contributed by atoms with Crippen LogP contribution in [0.25, 0.3) is 0 Å². The predicted molar refractivity (Wildman–Crippen MR) is 85.1 cm³/mol. The topological polar surface area (TPSA) is 17.1 Å². The molecule has 0 spiro atoms. The molecule has 1 heteroatoms. The SMILES string of the molecule is CCCCCC/C=C/C=C/CCCCCCC[C]=O. The van der Waals surface area contributed by atoms with Gasteiger partial charge in [-0.2, -0.15) is 0 Å². The molecule has 1 nitrogen and oxygen atoms in total. The Morgan fingerprint density at radius 2 is 1.26 bits per heavy atom. The van der Waals surface area contributed by atoms with Crippen LogP contribution in [0.1, 0.15) is 84.0 Å². The van der Waals surface area contributed by atoms with Crippen LogP contribution in [0.5, 0.6) is 0 Å². The molecule has 0 aliphatic rings. The van der Waals surface area contributed by atoms with Gasteiger partial charge in [0.25, 0.3) is 0 Å². The average molecular weight is 263 g/mol. The van der Waals surface area contributed by atoms with Gasteiger partial charge in [-0.05, 0) is 32.1 Å². The second-order valence-corrected chi connectivity index (χ2v) is 5.16. The highest BCUT2D eigenvalue weighted by atomic mass is 16.1. The molecule has 0 fully saturated rings. The van der Waals surface area contributed by atoms with Crippen LogP contribution in [-0.4, -0.2) is 6.29 Å². The Labute approximate surface area is 120 Å². The van der Waals surface area contributed by atoms with Gasteiger partial charge < -0.3 is 0 Å². The maximum atomic E-state index is 10.00. The number of rotatable bonds is 14. The zero-order chi connectivity index (χ0) is 14.0. The lowest BCUT2D eigenvalue weighted by Crippen LogP contribution is -1.79. The number of hydrogen-bond donors (Lipinski definition) is 0. The van der Waals surface area contributed by atoms with Crippen LogP contribution in [0.3, 0.4) is 0 Å². The van der Waals surface area contributed by atoms with Crippen molar-refractivity contribution < 1.29 is 4.79 Å². The summed E-state index contributed by atoms with van der Waals surface area (Å²) >= 11 is 0. The largest absolute Gasteiger partial charge is 0.291 e. The molecular formula is C18H31O. The maximum Gasteiger partial charge on any atom is 0.198 e. The first-order valence-electron chi connectivity index (χ1n) is 8.08. The summed E-state index contributed by atoms with van der Waals surface area (Å²) in [5, 5.41) is 0. The first-order valence-corrected chi connectivity index (χ1v) is 8.08. The highest BCUT2D eigenvalue weighted by molar-refractivity contribution is 5.50. The minimum Gasteiger partial charge on any atom is -0.291 e. The van der Waals surface area contributed by atoms with E-state index in [1.165, 1.54) is 64.2 Å². The standard InChI is InChI=1S/C18H31O/c1-2-3-4-5-6-7-8-9-10-11-12-13-14-15-16-17-18-19/h7-10H,2-6,11-17H2,1H3/b8-7+,10-9+. The van der Waals surface area contributed by atoms with Gasteiger partial charge in [-0.3, -0.25) is 4.79 Å². The van der Waals surface area contributed by atoms with Crippen LogP contribution in [0.15, 0.2) is 24.3 Å². The summed E-state index contributed by atoms with van der Waals surface area (Å²) in [4.78, 5) is 10.00. The molecule has 0 bridgehead atoms. The molecule has 0 N–H and O–H groups in total. The third-order valence-electron chi connectivity index (χ3n) is 3.26. The maximum absolute atomic E-state index is 10.00. The lowest BCUT2D eigenvalue weighted by Gasteiger charge is -1.96. The zero-order valence-electron chi connectivity index (χ0n) is 12.7. The summed E-state index contributed by atoms with van der Waals surface area (Å²) in [6.45, 7) is 2.25. The third kappa shape index (κ3) is 17.1. The first kappa shape index (κ1) is 18.1. The number of unbranched alkanes of at least 4 members (excludes halogenated alkanes) is 10. The second kappa shape index (κ2) is 17.2. The Bertz CT molecular complexity index is 228. The molecule has 0 atom stereocenters. The van der Waals surface area contributed by atoms with Crippen LogP contribution in [-0.2, 0) is 4.79 Å². The van der Waals surface area contributed by atoms with E-state index in [4.69, 9.17) is 0 Å². The molecule has 109 valence electrons. The summed E-state index contributed by atoms with van der Waals surface area (Å²) in [5.41, 5.74) is 0. The fraction of sp³-hybridized carbons (Fsp3) is 0.722. The van der Waals surface area contributed by atoms with E-state index in [0.717, 1.165) is 6.42 Å². The van der Waals surface area contributed by atoms with Crippen molar-refractivity contribution in [1.82, 2.24) is 0 Å². The van der Waals surface area contributed by atoms with E-state index in [0.29, 0.717) is 6.42 Å². The van der Waals surface area contributed by atoms with Crippen molar-refractivity contribution in [3.05, 3.63) is 24.3 Å². The normalized spacial score (nSPS) is 11.6. The van der Waals surface area contributed by atoms with Crippen LogP contribution in [0, 0.1) is 0 Å². The molecule has 0 amide bonds. The molecule has 0 saturated heterocycles. The summed E-state index contributed by atoms with van der Waals surface area (Å²) in [6, 6.07) is 0. The molecule has 0 unspecified atom stereocenters. The van der Waals surface area contributed by atoms with Gasteiger partial charge in [0.2, 0.25) is 0 Å². The van der Waals surface area contributed by atoms with E-state index in [1.807, 2.05) is 6.29 Å². The van der Waals surface area contributed by atoms with Crippen LogP contribution >= 0.6 is 0 Å². The summed E-state index contributed by atoms with van der Waals surface area (Å²) in [5.74, 6) is 0. The molecule has 0 aromatic heterocycles. The Kier molecular flexibility index (Phi) is 16.4. The third-order valence-corrected chi connectivity index (χ3v) is 3.26. The van der Waals surface area contributed by atoms with Gasteiger partial charge in [-0.15, -0.1) is 0 Å². The monoisotopic (exact) mass is 263 g/mol. The summed E-state index contributed by atoms with van der Waals surface area (Å²) < 4.78 is 0. The van der Waals surface area contributed by atoms with E-state index < -0.39 is 0 Å². The molecule has 0 heterocycles. The Balaban J connectivity index is 3.16. The zero-order valence-corrected chi connectivity index (χ0v) is 12.7. The van der Waals surface area contributed by atoms with Gasteiger partial charge in [-0.1, -0.05) is 69.8 Å². The van der Waals surface area contributed by atoms with Crippen molar-refractivity contribution in [2.24, 2.45) is 0 Å². The summed E-state index contributed by atoms with van der Waals surface area (Å²) in [7, 11) is 0. The molecule has 0 aliphatic heterocycles. The highest BCUT2D eigenvalue weighted by Gasteiger charge is 1.89. The molecule has 19 heavy (non-hydrogen) atoms. The van der Waals surface area contributed by atoms with Gasteiger partial charge >= 0.3 is 0 Å². The summed E-state index contributed by atoms with van der Waals surface area (Å²) in [6.07, 6.45) is 25.3. The van der Waals surface area contributed by atoms with Crippen LogP contribution in [0.4, 0.5) is 0 Å². The second-order valence-electron chi connectivity index (χ2n) is 5.16. The van der Waals surface area contributed by atoms with Gasteiger partial charge in [0.1, 0.15) is 0 Å². The van der Waals surface area contributed by atoms with Gasteiger partial charge in [0, 0.05) is 6.42 Å². The quantitative estimate of drug-likeness (QED) is 0.281. The first-order chi connectivity index (χ1) is 9.41. The molecule has 0 aromatic carbocycles. The minimum absolute atomic E-state index is 0.614. The van der Waals surface area contributed by atoms with Crippen molar-refractivity contribution >= 4 is 6.29 Å². The van der Waals surface area contributed by atoms with E-state index in [-0.39, 0.29) is 0 Å². The number of hydrogen-bond acceptors (Lipinski definition) is 1. The van der Waals surface area contributed by atoms with E-state index in [9.17, 15) is 4.79 Å². The van der Waals surface area contributed by atoms with Crippen molar-refractivity contribution in [3.63, 3.8) is 0 Å². The van der Waals surface area contributed by atoms with Crippen LogP contribution < -0.4 is 0 Å². The van der Waals surface area contributed by atoms with E-state index in [1.54, 1.807) is 0 Å². The van der Waals surface area contributed by atoms with Crippen molar-refractivity contribution in [1.29, 1.82) is 0 Å². The fourth-order valence-electron chi connectivity index (χ4n) is 2.03. The predicted octanol–water partition coefficient (Wildman–Crippen LogP) is 5.91. The Morgan fingerprint density at radius 3 is 1.84 bits per heavy atom. The van der Waals surface area contributed by atoms with E-state index >= 15 is 0 Å². The van der Waals surface area contributed by atoms with E-state index in [2.05, 4.69) is 31.2 Å². The van der Waals surface area contributed by atoms with Gasteiger partial charge in [0.05, 0.1) is 0 Å². The van der Waals surface area contributed by atoms with Crippen LogP contribution in [0.2, 0.25) is 0 Å². The van der Waals surface area contributed by atoms with Crippen molar-refractivity contribution in [2.45, 2.75) is 84.0 Å². The highest BCUT2D eigenvalue weighted by Crippen LogP contribution is 2.07. The molecule has 0 aliphatic carbocycles. The van der Waals surface area contributed by atoms with Crippen molar-refractivity contribution in [2.75, 3.05) is 0 Å². The van der Waals surface area contributed by atoms with Gasteiger partial charge in [-0.25, -0.2) is 0 Å². The molecule has 0 aromatic rings. The molecule has 0 saturated carbocycles. The fourth-order valence-corrected chi connectivity index (χ4v) is 2.03. The van der Waals surface area contributed by atoms with Gasteiger partial charge in [0.15, 0.2) is 6.29 Å².